The summed E-state index contributed by atoms with van der Waals surface area (Å²) in [7, 11) is 0. The first-order chi connectivity index (χ1) is 4.70. The van der Waals surface area contributed by atoms with Gasteiger partial charge in [0.25, 0.3) is 0 Å². The molecule has 0 spiro atoms. The SMILES string of the molecule is CCC/C(CC)=N/[N+](=O)[O-]. The molecule has 4 nitrogen and oxygen atoms in total. The lowest BCUT2D eigenvalue weighted by atomic mass is 10.2. The summed E-state index contributed by atoms with van der Waals surface area (Å²) in [6.07, 6.45) is 2.33. The van der Waals surface area contributed by atoms with Gasteiger partial charge >= 0.3 is 0 Å². The van der Waals surface area contributed by atoms with E-state index in [-0.39, 0.29) is 0 Å². The van der Waals surface area contributed by atoms with E-state index >= 15 is 0 Å². The predicted octanol–water partition coefficient (Wildman–Crippen LogP) is 1.83. The number of nitro groups is 1. The highest BCUT2D eigenvalue weighted by molar-refractivity contribution is 5.83. The van der Waals surface area contributed by atoms with Crippen molar-refractivity contribution < 1.29 is 5.03 Å². The van der Waals surface area contributed by atoms with Crippen molar-refractivity contribution in [3.05, 3.63) is 10.1 Å². The van der Waals surface area contributed by atoms with E-state index in [1.54, 1.807) is 0 Å². The Balaban J connectivity index is 3.91. The second-order valence-electron chi connectivity index (χ2n) is 2.01. The molecule has 0 aromatic heterocycles. The Morgan fingerprint density at radius 2 is 2.20 bits per heavy atom. The summed E-state index contributed by atoms with van der Waals surface area (Å²) in [6.45, 7) is 3.85. The highest BCUT2D eigenvalue weighted by Gasteiger charge is 1.99. The van der Waals surface area contributed by atoms with Crippen molar-refractivity contribution in [3.8, 4) is 0 Å². The molecular weight excluding hydrogens is 132 g/mol. The van der Waals surface area contributed by atoms with Gasteiger partial charge in [-0.25, -0.2) is 10.1 Å². The lowest BCUT2D eigenvalue weighted by Crippen LogP contribution is -1.99. The maximum absolute atomic E-state index is 9.86. The molecule has 0 saturated carbocycles. The average molecular weight is 144 g/mol. The van der Waals surface area contributed by atoms with Crippen LogP contribution in [0, 0.1) is 10.1 Å². The molecule has 0 bridgehead atoms. The fraction of sp³-hybridized carbons (Fsp3) is 0.833. The van der Waals surface area contributed by atoms with Gasteiger partial charge in [-0.3, -0.25) is 0 Å². The maximum atomic E-state index is 9.86. The number of hydrazone groups is 1. The average Bonchev–Trinajstić information content (AvgIpc) is 1.86. The van der Waals surface area contributed by atoms with Crippen LogP contribution in [0.4, 0.5) is 0 Å². The summed E-state index contributed by atoms with van der Waals surface area (Å²) in [4.78, 5) is 9.86. The van der Waals surface area contributed by atoms with Crippen molar-refractivity contribution in [2.24, 2.45) is 5.10 Å². The molecule has 0 atom stereocenters. The van der Waals surface area contributed by atoms with Crippen LogP contribution >= 0.6 is 0 Å². The molecule has 0 fully saturated rings. The summed E-state index contributed by atoms with van der Waals surface area (Å²) in [5.74, 6) is 0. The second-order valence-corrected chi connectivity index (χ2v) is 2.01. The molecule has 0 aromatic rings. The second kappa shape index (κ2) is 4.90. The van der Waals surface area contributed by atoms with Crippen LogP contribution in [0.3, 0.4) is 0 Å². The number of hydrogen-bond donors (Lipinski definition) is 0. The topological polar surface area (TPSA) is 55.5 Å². The molecule has 0 amide bonds. The predicted molar refractivity (Wildman–Crippen MR) is 39.6 cm³/mol. The lowest BCUT2D eigenvalue weighted by Gasteiger charge is -1.92. The van der Waals surface area contributed by atoms with Crippen molar-refractivity contribution >= 4 is 5.71 Å². The van der Waals surface area contributed by atoms with Crippen LogP contribution < -0.4 is 0 Å². The zero-order chi connectivity index (χ0) is 7.98. The van der Waals surface area contributed by atoms with E-state index in [1.165, 1.54) is 0 Å². The quantitative estimate of drug-likeness (QED) is 0.343. The Kier molecular flexibility index (Phi) is 4.45. The zero-order valence-corrected chi connectivity index (χ0v) is 6.33. The van der Waals surface area contributed by atoms with Gasteiger partial charge in [0.2, 0.25) is 0 Å². The number of nitrogens with zero attached hydrogens (tertiary/aromatic N) is 2. The van der Waals surface area contributed by atoms with Gasteiger partial charge in [0.05, 0.1) is 10.8 Å². The first-order valence-corrected chi connectivity index (χ1v) is 3.41. The van der Waals surface area contributed by atoms with E-state index in [1.807, 2.05) is 13.8 Å². The Labute approximate surface area is 60.1 Å². The van der Waals surface area contributed by atoms with Crippen LogP contribution in [0.25, 0.3) is 0 Å². The molecular formula is C6H12N2O2. The van der Waals surface area contributed by atoms with Gasteiger partial charge in [-0.2, -0.15) is 0 Å². The summed E-state index contributed by atoms with van der Waals surface area (Å²) < 4.78 is 0. The Morgan fingerprint density at radius 1 is 1.60 bits per heavy atom. The third-order valence-corrected chi connectivity index (χ3v) is 1.17. The molecule has 0 heterocycles. The van der Waals surface area contributed by atoms with Crippen LogP contribution in [0.15, 0.2) is 5.10 Å². The molecule has 0 unspecified atom stereocenters. The molecule has 0 rings (SSSR count). The van der Waals surface area contributed by atoms with Gasteiger partial charge in [0.15, 0.2) is 5.03 Å². The van der Waals surface area contributed by atoms with Crippen LogP contribution in [0.1, 0.15) is 33.1 Å². The monoisotopic (exact) mass is 144 g/mol. The highest BCUT2D eigenvalue weighted by Crippen LogP contribution is 1.96. The Hall–Kier alpha value is -0.930. The van der Waals surface area contributed by atoms with Crippen LogP contribution in [0.5, 0.6) is 0 Å². The van der Waals surface area contributed by atoms with Crippen molar-refractivity contribution in [3.63, 3.8) is 0 Å². The van der Waals surface area contributed by atoms with E-state index < -0.39 is 5.03 Å². The minimum absolute atomic E-state index is 0.630. The van der Waals surface area contributed by atoms with Gasteiger partial charge in [0.1, 0.15) is 0 Å². The van der Waals surface area contributed by atoms with Crippen LogP contribution in [-0.4, -0.2) is 10.7 Å². The third-order valence-electron chi connectivity index (χ3n) is 1.17. The van der Waals surface area contributed by atoms with Gasteiger partial charge in [-0.05, 0) is 12.8 Å². The van der Waals surface area contributed by atoms with Crippen molar-refractivity contribution in [2.75, 3.05) is 0 Å². The highest BCUT2D eigenvalue weighted by atomic mass is 16.7. The molecule has 10 heavy (non-hydrogen) atoms. The summed E-state index contributed by atoms with van der Waals surface area (Å²) >= 11 is 0. The minimum atomic E-state index is -0.630. The third kappa shape index (κ3) is 4.00. The fourth-order valence-electron chi connectivity index (χ4n) is 0.702. The standard InChI is InChI=1S/C6H12N2O2/c1-3-5-6(4-2)7-8(9)10/h3-5H2,1-2H3/b7-6+. The lowest BCUT2D eigenvalue weighted by molar-refractivity contribution is -0.485. The van der Waals surface area contributed by atoms with E-state index in [4.69, 9.17) is 0 Å². The Morgan fingerprint density at radius 3 is 2.50 bits per heavy atom. The van der Waals surface area contributed by atoms with Gasteiger partial charge < -0.3 is 0 Å². The largest absolute Gasteiger partial charge is 0.233 e. The zero-order valence-electron chi connectivity index (χ0n) is 6.33. The van der Waals surface area contributed by atoms with Crippen LogP contribution in [0.2, 0.25) is 0 Å². The van der Waals surface area contributed by atoms with Gasteiger partial charge in [-0.15, -0.1) is 0 Å². The fourth-order valence-corrected chi connectivity index (χ4v) is 0.702. The maximum Gasteiger partial charge on any atom is 0.190 e. The molecule has 0 saturated heterocycles. The summed E-state index contributed by atoms with van der Waals surface area (Å²) in [5.41, 5.74) is 0.674. The molecule has 4 heteroatoms. The van der Waals surface area contributed by atoms with Crippen LogP contribution in [-0.2, 0) is 0 Å². The molecule has 0 aromatic carbocycles. The van der Waals surface area contributed by atoms with Crippen molar-refractivity contribution in [2.45, 2.75) is 33.1 Å². The first kappa shape index (κ1) is 9.07. The summed E-state index contributed by atoms with van der Waals surface area (Å²) in [6, 6.07) is 0. The molecule has 0 aliphatic heterocycles. The molecule has 58 valence electrons. The number of hydrogen-bond acceptors (Lipinski definition) is 2. The minimum Gasteiger partial charge on any atom is -0.233 e. The van der Waals surface area contributed by atoms with Gasteiger partial charge in [-0.1, -0.05) is 20.3 Å². The molecule has 0 N–H and O–H groups in total. The number of rotatable bonds is 4. The first-order valence-electron chi connectivity index (χ1n) is 3.41. The van der Waals surface area contributed by atoms with E-state index in [2.05, 4.69) is 5.10 Å². The van der Waals surface area contributed by atoms with E-state index in [0.29, 0.717) is 12.1 Å². The van der Waals surface area contributed by atoms with E-state index in [9.17, 15) is 10.1 Å². The molecule has 0 aliphatic carbocycles. The smallest absolute Gasteiger partial charge is 0.190 e. The van der Waals surface area contributed by atoms with Gasteiger partial charge in [0, 0.05) is 0 Å². The van der Waals surface area contributed by atoms with E-state index in [0.717, 1.165) is 12.8 Å². The van der Waals surface area contributed by atoms with Crippen molar-refractivity contribution in [1.29, 1.82) is 0 Å². The van der Waals surface area contributed by atoms with Crippen molar-refractivity contribution in [1.82, 2.24) is 0 Å². The molecule has 0 radical (unpaired) electrons. The normalized spacial score (nSPS) is 11.6. The summed E-state index contributed by atoms with van der Waals surface area (Å²) in [5, 5.41) is 12.5. The Bertz CT molecular complexity index is 143. The molecule has 0 aliphatic rings.